The van der Waals surface area contributed by atoms with Gasteiger partial charge in [0, 0.05) is 19.2 Å². The van der Waals surface area contributed by atoms with Crippen molar-refractivity contribution in [3.05, 3.63) is 38.9 Å². The number of hydrogen-bond acceptors (Lipinski definition) is 4. The molecule has 7 heteroatoms. The standard InChI is InChI=1S/C13H15ClN2O4/c14-12-10(2-1-3-11(12)16(18)19)13(17)15-6-7-20-8-9-4-5-9/h1-3,9H,4-8H2,(H,15,17). The molecule has 1 aliphatic rings. The van der Waals surface area contributed by atoms with E-state index in [9.17, 15) is 14.9 Å². The van der Waals surface area contributed by atoms with E-state index in [0.717, 1.165) is 6.61 Å². The second-order valence-electron chi connectivity index (χ2n) is 4.67. The average molecular weight is 299 g/mol. The van der Waals surface area contributed by atoms with Crippen LogP contribution in [-0.4, -0.2) is 30.6 Å². The molecule has 1 saturated carbocycles. The molecule has 0 unspecified atom stereocenters. The van der Waals surface area contributed by atoms with Crippen molar-refractivity contribution in [3.63, 3.8) is 0 Å². The van der Waals surface area contributed by atoms with Gasteiger partial charge in [-0.25, -0.2) is 0 Å². The molecule has 1 aromatic rings. The van der Waals surface area contributed by atoms with Gasteiger partial charge in [0.25, 0.3) is 11.6 Å². The summed E-state index contributed by atoms with van der Waals surface area (Å²) >= 11 is 5.85. The number of nitrogens with one attached hydrogen (secondary N) is 1. The third-order valence-corrected chi connectivity index (χ3v) is 3.40. The van der Waals surface area contributed by atoms with E-state index >= 15 is 0 Å². The number of amides is 1. The molecule has 0 bridgehead atoms. The Bertz CT molecular complexity index is 517. The van der Waals surface area contributed by atoms with Crippen molar-refractivity contribution in [3.8, 4) is 0 Å². The van der Waals surface area contributed by atoms with Gasteiger partial charge in [-0.1, -0.05) is 17.7 Å². The molecule has 0 radical (unpaired) electrons. The Hall–Kier alpha value is -1.66. The molecule has 1 aromatic carbocycles. The van der Waals surface area contributed by atoms with Crippen LogP contribution in [0.3, 0.4) is 0 Å². The van der Waals surface area contributed by atoms with Crippen molar-refractivity contribution in [2.24, 2.45) is 5.92 Å². The maximum absolute atomic E-state index is 11.9. The van der Waals surface area contributed by atoms with Crippen molar-refractivity contribution in [2.75, 3.05) is 19.8 Å². The molecule has 20 heavy (non-hydrogen) atoms. The van der Waals surface area contributed by atoms with Gasteiger partial charge in [0.05, 0.1) is 17.1 Å². The van der Waals surface area contributed by atoms with Crippen LogP contribution in [0, 0.1) is 16.0 Å². The first kappa shape index (κ1) is 14.7. The quantitative estimate of drug-likeness (QED) is 0.476. The van der Waals surface area contributed by atoms with E-state index in [1.54, 1.807) is 0 Å². The van der Waals surface area contributed by atoms with Crippen molar-refractivity contribution in [1.82, 2.24) is 5.32 Å². The number of carbonyl (C=O) groups excluding carboxylic acids is 1. The Morgan fingerprint density at radius 1 is 1.50 bits per heavy atom. The van der Waals surface area contributed by atoms with Crippen molar-refractivity contribution >= 4 is 23.2 Å². The minimum atomic E-state index is -0.613. The number of benzene rings is 1. The predicted molar refractivity (Wildman–Crippen MR) is 74.0 cm³/mol. The molecule has 108 valence electrons. The van der Waals surface area contributed by atoms with E-state index in [2.05, 4.69) is 5.32 Å². The summed E-state index contributed by atoms with van der Waals surface area (Å²) in [5.41, 5.74) is -0.174. The monoisotopic (exact) mass is 298 g/mol. The highest BCUT2D eigenvalue weighted by molar-refractivity contribution is 6.35. The first-order valence-electron chi connectivity index (χ1n) is 6.38. The van der Waals surface area contributed by atoms with Crippen LogP contribution in [0.2, 0.25) is 5.02 Å². The molecule has 0 spiro atoms. The molecule has 0 saturated heterocycles. The summed E-state index contributed by atoms with van der Waals surface area (Å²) < 4.78 is 5.38. The Balaban J connectivity index is 1.84. The molecule has 1 N–H and O–H groups in total. The van der Waals surface area contributed by atoms with E-state index in [-0.39, 0.29) is 16.3 Å². The lowest BCUT2D eigenvalue weighted by Gasteiger charge is -2.07. The zero-order valence-corrected chi connectivity index (χ0v) is 11.6. The summed E-state index contributed by atoms with van der Waals surface area (Å²) in [6, 6.07) is 4.15. The van der Waals surface area contributed by atoms with E-state index in [1.165, 1.54) is 31.0 Å². The highest BCUT2D eigenvalue weighted by Crippen LogP contribution is 2.29. The zero-order valence-electron chi connectivity index (χ0n) is 10.8. The van der Waals surface area contributed by atoms with Gasteiger partial charge in [0.1, 0.15) is 5.02 Å². The summed E-state index contributed by atoms with van der Waals surface area (Å²) in [6.45, 7) is 1.51. The second-order valence-corrected chi connectivity index (χ2v) is 5.05. The smallest absolute Gasteiger partial charge is 0.288 e. The fraction of sp³-hybridized carbons (Fsp3) is 0.462. The molecule has 2 rings (SSSR count). The van der Waals surface area contributed by atoms with Crippen molar-refractivity contribution in [1.29, 1.82) is 0 Å². The van der Waals surface area contributed by atoms with E-state index < -0.39 is 10.8 Å². The molecule has 1 fully saturated rings. The number of ether oxygens (including phenoxy) is 1. The molecular formula is C13H15ClN2O4. The normalized spacial score (nSPS) is 14.1. The maximum atomic E-state index is 11.9. The van der Waals surface area contributed by atoms with Gasteiger partial charge < -0.3 is 10.1 Å². The summed E-state index contributed by atoms with van der Waals surface area (Å²) in [5.74, 6) is 0.241. The van der Waals surface area contributed by atoms with Crippen LogP contribution in [0.1, 0.15) is 23.2 Å². The molecular weight excluding hydrogens is 284 g/mol. The fourth-order valence-corrected chi connectivity index (χ4v) is 1.98. The van der Waals surface area contributed by atoms with Crippen LogP contribution < -0.4 is 5.32 Å². The third kappa shape index (κ3) is 3.91. The Labute approximate surface area is 121 Å². The minimum Gasteiger partial charge on any atom is -0.379 e. The summed E-state index contributed by atoms with van der Waals surface area (Å²) in [7, 11) is 0. The summed E-state index contributed by atoms with van der Waals surface area (Å²) in [6.07, 6.45) is 2.44. The number of carbonyl (C=O) groups is 1. The second kappa shape index (κ2) is 6.67. The van der Waals surface area contributed by atoms with E-state index in [0.29, 0.717) is 19.1 Å². The molecule has 0 aliphatic heterocycles. The molecule has 0 heterocycles. The van der Waals surface area contributed by atoms with Crippen molar-refractivity contribution < 1.29 is 14.5 Å². The van der Waals surface area contributed by atoms with Crippen LogP contribution in [0.15, 0.2) is 18.2 Å². The number of nitro benzene ring substituents is 1. The van der Waals surface area contributed by atoms with Crippen molar-refractivity contribution in [2.45, 2.75) is 12.8 Å². The molecule has 1 amide bonds. The molecule has 1 aliphatic carbocycles. The van der Waals surface area contributed by atoms with Gasteiger partial charge in [-0.2, -0.15) is 0 Å². The van der Waals surface area contributed by atoms with Crippen LogP contribution >= 0.6 is 11.6 Å². The number of hydrogen-bond donors (Lipinski definition) is 1. The first-order valence-corrected chi connectivity index (χ1v) is 6.76. The van der Waals surface area contributed by atoms with E-state index in [1.807, 2.05) is 0 Å². The maximum Gasteiger partial charge on any atom is 0.288 e. The Morgan fingerprint density at radius 2 is 2.25 bits per heavy atom. The van der Waals surface area contributed by atoms with Gasteiger partial charge in [0.2, 0.25) is 0 Å². The van der Waals surface area contributed by atoms with Crippen LogP contribution in [0.25, 0.3) is 0 Å². The van der Waals surface area contributed by atoms with Crippen LogP contribution in [0.5, 0.6) is 0 Å². The zero-order chi connectivity index (χ0) is 14.5. The van der Waals surface area contributed by atoms with Crippen LogP contribution in [-0.2, 0) is 4.74 Å². The van der Waals surface area contributed by atoms with Crippen LogP contribution in [0.4, 0.5) is 5.69 Å². The number of halogens is 1. The molecule has 0 atom stereocenters. The lowest BCUT2D eigenvalue weighted by molar-refractivity contribution is -0.384. The first-order chi connectivity index (χ1) is 9.59. The van der Waals surface area contributed by atoms with Gasteiger partial charge in [-0.05, 0) is 24.8 Å². The highest BCUT2D eigenvalue weighted by atomic mass is 35.5. The Morgan fingerprint density at radius 3 is 2.90 bits per heavy atom. The van der Waals surface area contributed by atoms with Gasteiger partial charge >= 0.3 is 0 Å². The summed E-state index contributed by atoms with van der Waals surface area (Å²) in [5, 5.41) is 13.2. The van der Waals surface area contributed by atoms with Gasteiger partial charge in [0.15, 0.2) is 0 Å². The Kier molecular flexibility index (Phi) is 4.92. The van der Waals surface area contributed by atoms with E-state index in [4.69, 9.17) is 16.3 Å². The number of nitro groups is 1. The predicted octanol–water partition coefficient (Wildman–Crippen LogP) is 2.40. The SMILES string of the molecule is O=C(NCCOCC1CC1)c1cccc([N+](=O)[O-])c1Cl. The average Bonchev–Trinajstić information content (AvgIpc) is 3.22. The lowest BCUT2D eigenvalue weighted by atomic mass is 10.2. The number of nitrogens with zero attached hydrogens (tertiary/aromatic N) is 1. The molecule has 6 nitrogen and oxygen atoms in total. The van der Waals surface area contributed by atoms with Gasteiger partial charge in [-0.15, -0.1) is 0 Å². The topological polar surface area (TPSA) is 81.5 Å². The summed E-state index contributed by atoms with van der Waals surface area (Å²) in [4.78, 5) is 22.0. The fourth-order valence-electron chi connectivity index (χ4n) is 1.70. The van der Waals surface area contributed by atoms with Gasteiger partial charge in [-0.3, -0.25) is 14.9 Å². The largest absolute Gasteiger partial charge is 0.379 e. The lowest BCUT2D eigenvalue weighted by Crippen LogP contribution is -2.27. The highest BCUT2D eigenvalue weighted by Gasteiger charge is 2.21. The third-order valence-electron chi connectivity index (χ3n) is 3.00. The number of rotatable bonds is 7. The minimum absolute atomic E-state index is 0.100. The molecule has 0 aromatic heterocycles.